The second-order valence-electron chi connectivity index (χ2n) is 2.98. The molecule has 0 aliphatic heterocycles. The first kappa shape index (κ1) is 12.6. The zero-order valence-electron chi connectivity index (χ0n) is 8.70. The largest absolute Gasteiger partial charge is 0.497 e. The van der Waals surface area contributed by atoms with Gasteiger partial charge in [-0.25, -0.2) is 13.6 Å². The second-order valence-corrected chi connectivity index (χ2v) is 2.98. The van der Waals surface area contributed by atoms with Crippen LogP contribution in [-0.4, -0.2) is 18.2 Å². The van der Waals surface area contributed by atoms with Crippen LogP contribution in [-0.2, 0) is 4.79 Å². The Hall–Kier alpha value is -2.42. The number of halogens is 2. The van der Waals surface area contributed by atoms with Crippen LogP contribution >= 0.6 is 0 Å². The summed E-state index contributed by atoms with van der Waals surface area (Å²) in [5, 5.41) is 17.0. The molecule has 0 fully saturated rings. The topological polar surface area (TPSA) is 70.3 Å². The average molecular weight is 239 g/mol. The summed E-state index contributed by atoms with van der Waals surface area (Å²) in [5.74, 6) is -3.60. The van der Waals surface area contributed by atoms with Gasteiger partial charge in [0.25, 0.3) is 0 Å². The number of hydrogen-bond acceptors (Lipinski definition) is 3. The van der Waals surface area contributed by atoms with E-state index in [1.54, 1.807) is 0 Å². The van der Waals surface area contributed by atoms with Crippen LogP contribution < -0.4 is 4.74 Å². The summed E-state index contributed by atoms with van der Waals surface area (Å²) in [6.45, 7) is 0. The number of nitrogens with zero attached hydrogens (tertiary/aromatic N) is 1. The smallest absolute Gasteiger partial charge is 0.346 e. The Morgan fingerprint density at radius 3 is 2.35 bits per heavy atom. The van der Waals surface area contributed by atoms with Crippen LogP contribution in [0, 0.1) is 23.0 Å². The molecule has 1 aromatic carbocycles. The van der Waals surface area contributed by atoms with Crippen molar-refractivity contribution in [2.24, 2.45) is 0 Å². The predicted octanol–water partition coefficient (Wildman–Crippen LogP) is 1.96. The molecule has 0 heterocycles. The van der Waals surface area contributed by atoms with Gasteiger partial charge >= 0.3 is 5.97 Å². The SMILES string of the molecule is COc1cc(F)c(C=C(C#N)C(=O)O)c(F)c1. The Morgan fingerprint density at radius 2 is 2.00 bits per heavy atom. The summed E-state index contributed by atoms with van der Waals surface area (Å²) in [6, 6.07) is 3.12. The normalized spacial score (nSPS) is 10.8. The van der Waals surface area contributed by atoms with Crippen LogP contribution in [0.15, 0.2) is 17.7 Å². The molecule has 4 nitrogen and oxygen atoms in total. The van der Waals surface area contributed by atoms with E-state index in [2.05, 4.69) is 4.74 Å². The highest BCUT2D eigenvalue weighted by Crippen LogP contribution is 2.22. The third-order valence-electron chi connectivity index (χ3n) is 1.93. The Bertz CT molecular complexity index is 509. The van der Waals surface area contributed by atoms with Crippen molar-refractivity contribution >= 4 is 12.0 Å². The maximum Gasteiger partial charge on any atom is 0.346 e. The molecule has 17 heavy (non-hydrogen) atoms. The minimum atomic E-state index is -1.55. The number of methoxy groups -OCH3 is 1. The summed E-state index contributed by atoms with van der Waals surface area (Å²) < 4.78 is 31.4. The number of nitriles is 1. The molecule has 0 unspecified atom stereocenters. The number of hydrogen-bond donors (Lipinski definition) is 1. The van der Waals surface area contributed by atoms with E-state index >= 15 is 0 Å². The van der Waals surface area contributed by atoms with Gasteiger partial charge in [-0.2, -0.15) is 5.26 Å². The summed E-state index contributed by atoms with van der Waals surface area (Å²) >= 11 is 0. The molecule has 0 saturated heterocycles. The Labute approximate surface area is 95.4 Å². The molecule has 1 aromatic rings. The number of carboxylic acid groups (broad SMARTS) is 1. The fraction of sp³-hybridized carbons (Fsp3) is 0.0909. The highest BCUT2D eigenvalue weighted by molar-refractivity contribution is 5.96. The van der Waals surface area contributed by atoms with E-state index in [-0.39, 0.29) is 5.75 Å². The Kier molecular flexibility index (Phi) is 3.78. The number of carbonyl (C=O) groups is 1. The third kappa shape index (κ3) is 2.78. The number of carboxylic acids is 1. The minimum Gasteiger partial charge on any atom is -0.497 e. The maximum atomic E-state index is 13.4. The van der Waals surface area contributed by atoms with E-state index in [4.69, 9.17) is 10.4 Å². The van der Waals surface area contributed by atoms with E-state index in [9.17, 15) is 13.6 Å². The zero-order chi connectivity index (χ0) is 13.0. The molecule has 88 valence electrons. The molecule has 0 atom stereocenters. The molecule has 0 amide bonds. The summed E-state index contributed by atoms with van der Waals surface area (Å²) in [4.78, 5) is 10.5. The highest BCUT2D eigenvalue weighted by atomic mass is 19.1. The molecule has 1 N–H and O–H groups in total. The van der Waals surface area contributed by atoms with Gasteiger partial charge in [0.15, 0.2) is 0 Å². The first-order chi connectivity index (χ1) is 7.99. The van der Waals surface area contributed by atoms with Crippen molar-refractivity contribution in [3.8, 4) is 11.8 Å². The van der Waals surface area contributed by atoms with Crippen LogP contribution in [0.4, 0.5) is 8.78 Å². The molecule has 0 spiro atoms. The van der Waals surface area contributed by atoms with Gasteiger partial charge in [0.2, 0.25) is 0 Å². The van der Waals surface area contributed by atoms with Crippen LogP contribution in [0.3, 0.4) is 0 Å². The van der Waals surface area contributed by atoms with Crippen molar-refractivity contribution in [2.45, 2.75) is 0 Å². The standard InChI is InChI=1S/C11H7F2NO3/c1-17-7-3-9(12)8(10(13)4-7)2-6(5-14)11(15)16/h2-4H,1H3,(H,15,16). The molecule has 0 aliphatic rings. The van der Waals surface area contributed by atoms with Gasteiger partial charge in [-0.15, -0.1) is 0 Å². The fourth-order valence-corrected chi connectivity index (χ4v) is 1.10. The average Bonchev–Trinajstić information content (AvgIpc) is 2.27. The Balaban J connectivity index is 3.34. The van der Waals surface area contributed by atoms with Crippen molar-refractivity contribution in [1.29, 1.82) is 5.26 Å². The molecule has 0 saturated carbocycles. The zero-order valence-corrected chi connectivity index (χ0v) is 8.70. The van der Waals surface area contributed by atoms with Crippen molar-refractivity contribution in [1.82, 2.24) is 0 Å². The first-order valence-electron chi connectivity index (χ1n) is 4.37. The third-order valence-corrected chi connectivity index (χ3v) is 1.93. The van der Waals surface area contributed by atoms with Crippen molar-refractivity contribution < 1.29 is 23.4 Å². The minimum absolute atomic E-state index is 0.0361. The maximum absolute atomic E-state index is 13.4. The quantitative estimate of drug-likeness (QED) is 0.646. The van der Waals surface area contributed by atoms with Crippen LogP contribution in [0.25, 0.3) is 6.08 Å². The van der Waals surface area contributed by atoms with E-state index in [0.29, 0.717) is 6.08 Å². The molecule has 1 rings (SSSR count). The number of rotatable bonds is 3. The molecule has 0 aromatic heterocycles. The molecule has 6 heteroatoms. The van der Waals surface area contributed by atoms with E-state index < -0.39 is 28.7 Å². The number of aliphatic carboxylic acids is 1. The van der Waals surface area contributed by atoms with Gasteiger partial charge in [0.1, 0.15) is 29.0 Å². The van der Waals surface area contributed by atoms with Crippen molar-refractivity contribution in [3.63, 3.8) is 0 Å². The van der Waals surface area contributed by atoms with Gasteiger partial charge in [0, 0.05) is 17.7 Å². The van der Waals surface area contributed by atoms with E-state index in [0.717, 1.165) is 12.1 Å². The lowest BCUT2D eigenvalue weighted by atomic mass is 10.1. The predicted molar refractivity (Wildman–Crippen MR) is 54.1 cm³/mol. The highest BCUT2D eigenvalue weighted by Gasteiger charge is 2.13. The van der Waals surface area contributed by atoms with Crippen LogP contribution in [0.2, 0.25) is 0 Å². The van der Waals surface area contributed by atoms with Crippen LogP contribution in [0.5, 0.6) is 5.75 Å². The second kappa shape index (κ2) is 5.07. The van der Waals surface area contributed by atoms with Gasteiger partial charge in [-0.1, -0.05) is 0 Å². The number of benzene rings is 1. The van der Waals surface area contributed by atoms with Gasteiger partial charge in [-0.05, 0) is 6.08 Å². The monoisotopic (exact) mass is 239 g/mol. The lowest BCUT2D eigenvalue weighted by molar-refractivity contribution is -0.132. The van der Waals surface area contributed by atoms with Gasteiger partial charge < -0.3 is 9.84 Å². The summed E-state index contributed by atoms with van der Waals surface area (Å²) in [6.07, 6.45) is 0.631. The summed E-state index contributed by atoms with van der Waals surface area (Å²) in [5.41, 5.74) is -1.35. The molecule has 0 aliphatic carbocycles. The molecule has 0 bridgehead atoms. The fourth-order valence-electron chi connectivity index (χ4n) is 1.10. The van der Waals surface area contributed by atoms with Gasteiger partial charge in [-0.3, -0.25) is 0 Å². The van der Waals surface area contributed by atoms with E-state index in [1.165, 1.54) is 13.2 Å². The summed E-state index contributed by atoms with van der Waals surface area (Å²) in [7, 11) is 1.24. The molecular formula is C11H7F2NO3. The Morgan fingerprint density at radius 1 is 1.47 bits per heavy atom. The number of ether oxygens (including phenoxy) is 1. The molecular weight excluding hydrogens is 232 g/mol. The van der Waals surface area contributed by atoms with Crippen molar-refractivity contribution in [2.75, 3.05) is 7.11 Å². The van der Waals surface area contributed by atoms with Gasteiger partial charge in [0.05, 0.1) is 7.11 Å². The lowest BCUT2D eigenvalue weighted by Gasteiger charge is -2.04. The molecule has 0 radical (unpaired) electrons. The van der Waals surface area contributed by atoms with E-state index in [1.807, 2.05) is 0 Å². The van der Waals surface area contributed by atoms with Crippen LogP contribution in [0.1, 0.15) is 5.56 Å². The first-order valence-corrected chi connectivity index (χ1v) is 4.37. The van der Waals surface area contributed by atoms with Crippen molar-refractivity contribution in [3.05, 3.63) is 34.9 Å². The lowest BCUT2D eigenvalue weighted by Crippen LogP contribution is -1.99.